The predicted molar refractivity (Wildman–Crippen MR) is 128 cm³/mol. The Hall–Kier alpha value is -3.64. The van der Waals surface area contributed by atoms with Gasteiger partial charge < -0.3 is 15.4 Å². The van der Waals surface area contributed by atoms with Gasteiger partial charge in [0.1, 0.15) is 17.4 Å². The van der Waals surface area contributed by atoms with E-state index in [1.807, 2.05) is 36.4 Å². The fourth-order valence-electron chi connectivity index (χ4n) is 2.57. The summed E-state index contributed by atoms with van der Waals surface area (Å²) in [6, 6.07) is 25.0. The number of para-hydroxylation sites is 1. The molecule has 3 aromatic rings. The Morgan fingerprint density at radius 3 is 2.19 bits per heavy atom. The predicted octanol–water partition coefficient (Wildman–Crippen LogP) is 4.85. The van der Waals surface area contributed by atoms with Crippen molar-refractivity contribution in [2.45, 2.75) is 0 Å². The number of carbonyl (C=O) groups excluding carboxylic acids is 2. The van der Waals surface area contributed by atoms with E-state index in [1.54, 1.807) is 48.5 Å². The number of amides is 2. The van der Waals surface area contributed by atoms with Crippen LogP contribution in [0.4, 0.5) is 11.4 Å². The molecular weight excluding hydrogens is 505 g/mol. The van der Waals surface area contributed by atoms with E-state index in [0.29, 0.717) is 22.7 Å². The fraction of sp³-hybridized carbons (Fsp3) is 0.0417. The van der Waals surface area contributed by atoms with Gasteiger partial charge in [-0.1, -0.05) is 30.3 Å². The second-order valence-electron chi connectivity index (χ2n) is 6.40. The normalized spacial score (nSPS) is 10.6. The van der Waals surface area contributed by atoms with Crippen molar-refractivity contribution >= 4 is 51.9 Å². The van der Waals surface area contributed by atoms with Crippen LogP contribution in [0, 0.1) is 14.9 Å². The van der Waals surface area contributed by atoms with Crippen molar-refractivity contribution in [3.8, 4) is 11.8 Å². The molecule has 0 spiro atoms. The van der Waals surface area contributed by atoms with Crippen LogP contribution >= 0.6 is 22.6 Å². The molecule has 3 aromatic carbocycles. The first kappa shape index (κ1) is 22.1. The Balaban J connectivity index is 1.56. The number of ether oxygens (including phenoxy) is 1. The molecule has 0 unspecified atom stereocenters. The third-order valence-corrected chi connectivity index (χ3v) is 4.80. The molecule has 0 heterocycles. The van der Waals surface area contributed by atoms with Gasteiger partial charge in [-0.05, 0) is 82.8 Å². The first-order valence-electron chi connectivity index (χ1n) is 9.30. The van der Waals surface area contributed by atoms with Crippen molar-refractivity contribution in [2.75, 3.05) is 17.2 Å². The number of carbonyl (C=O) groups is 2. The number of benzene rings is 3. The van der Waals surface area contributed by atoms with Crippen molar-refractivity contribution < 1.29 is 14.3 Å². The van der Waals surface area contributed by atoms with E-state index in [1.165, 1.54) is 6.08 Å². The Labute approximate surface area is 193 Å². The molecule has 0 aliphatic heterocycles. The van der Waals surface area contributed by atoms with Gasteiger partial charge in [-0.2, -0.15) is 5.26 Å². The second kappa shape index (κ2) is 10.9. The number of nitrogens with zero attached hydrogens (tertiary/aromatic N) is 1. The lowest BCUT2D eigenvalue weighted by Gasteiger charge is -2.08. The number of halogens is 1. The number of hydrogen-bond acceptors (Lipinski definition) is 4. The SMILES string of the molecule is N#C/C(=C\c1ccc(OCC(=O)Nc2ccc(I)cc2)cc1)C(=O)Nc1ccccc1. The minimum Gasteiger partial charge on any atom is -0.484 e. The lowest BCUT2D eigenvalue weighted by atomic mass is 10.1. The molecule has 7 heteroatoms. The van der Waals surface area contributed by atoms with Gasteiger partial charge >= 0.3 is 0 Å². The second-order valence-corrected chi connectivity index (χ2v) is 7.65. The van der Waals surface area contributed by atoms with E-state index in [9.17, 15) is 14.9 Å². The van der Waals surface area contributed by atoms with E-state index >= 15 is 0 Å². The van der Waals surface area contributed by atoms with Crippen LogP contribution in [0.15, 0.2) is 84.4 Å². The molecule has 0 saturated heterocycles. The Bertz CT molecular complexity index is 1120. The summed E-state index contributed by atoms with van der Waals surface area (Å²) >= 11 is 2.19. The van der Waals surface area contributed by atoms with Gasteiger partial charge in [0, 0.05) is 14.9 Å². The quantitative estimate of drug-likeness (QED) is 0.263. The van der Waals surface area contributed by atoms with Crippen molar-refractivity contribution in [3.63, 3.8) is 0 Å². The van der Waals surface area contributed by atoms with Crippen molar-refractivity contribution in [2.24, 2.45) is 0 Å². The molecule has 0 fully saturated rings. The third-order valence-electron chi connectivity index (χ3n) is 4.09. The van der Waals surface area contributed by atoms with Crippen molar-refractivity contribution in [1.82, 2.24) is 0 Å². The first-order chi connectivity index (χ1) is 15.0. The molecule has 0 bridgehead atoms. The highest BCUT2D eigenvalue weighted by molar-refractivity contribution is 14.1. The molecule has 0 aromatic heterocycles. The highest BCUT2D eigenvalue weighted by Gasteiger charge is 2.09. The molecule has 0 saturated carbocycles. The summed E-state index contributed by atoms with van der Waals surface area (Å²) in [5.41, 5.74) is 1.96. The largest absolute Gasteiger partial charge is 0.484 e. The van der Waals surface area contributed by atoms with Crippen LogP contribution in [0.1, 0.15) is 5.56 Å². The molecule has 154 valence electrons. The average molecular weight is 523 g/mol. The standard InChI is InChI=1S/C24H18IN3O3/c25-19-8-10-21(11-9-19)27-23(29)16-31-22-12-6-17(7-13-22)14-18(15-26)24(30)28-20-4-2-1-3-5-20/h1-14H,16H2,(H,27,29)(H,28,30)/b18-14+. The molecule has 0 aliphatic rings. The molecule has 2 N–H and O–H groups in total. The third kappa shape index (κ3) is 6.97. The lowest BCUT2D eigenvalue weighted by molar-refractivity contribution is -0.118. The maximum absolute atomic E-state index is 12.3. The average Bonchev–Trinajstić information content (AvgIpc) is 2.79. The molecular formula is C24H18IN3O3. The van der Waals surface area contributed by atoms with Gasteiger partial charge in [0.05, 0.1) is 0 Å². The van der Waals surface area contributed by atoms with E-state index in [-0.39, 0.29) is 18.1 Å². The van der Waals surface area contributed by atoms with Crippen LogP contribution in [-0.2, 0) is 9.59 Å². The molecule has 31 heavy (non-hydrogen) atoms. The van der Waals surface area contributed by atoms with Crippen LogP contribution in [0.3, 0.4) is 0 Å². The number of hydrogen-bond donors (Lipinski definition) is 2. The van der Waals surface area contributed by atoms with E-state index in [0.717, 1.165) is 3.57 Å². The van der Waals surface area contributed by atoms with Crippen LogP contribution in [0.2, 0.25) is 0 Å². The van der Waals surface area contributed by atoms with E-state index < -0.39 is 5.91 Å². The molecule has 0 radical (unpaired) electrons. The summed E-state index contributed by atoms with van der Waals surface area (Å²) in [5.74, 6) is -0.252. The number of anilines is 2. The zero-order chi connectivity index (χ0) is 22.1. The summed E-state index contributed by atoms with van der Waals surface area (Å²) < 4.78 is 6.58. The fourth-order valence-corrected chi connectivity index (χ4v) is 2.93. The first-order valence-corrected chi connectivity index (χ1v) is 10.4. The van der Waals surface area contributed by atoms with Crippen molar-refractivity contribution in [3.05, 3.63) is 93.6 Å². The summed E-state index contributed by atoms with van der Waals surface area (Å²) in [7, 11) is 0. The van der Waals surface area contributed by atoms with Gasteiger partial charge in [0.2, 0.25) is 0 Å². The molecule has 0 aliphatic carbocycles. The number of nitrogens with one attached hydrogen (secondary N) is 2. The molecule has 2 amide bonds. The Morgan fingerprint density at radius 1 is 0.903 bits per heavy atom. The summed E-state index contributed by atoms with van der Waals surface area (Å²) in [4.78, 5) is 24.3. The summed E-state index contributed by atoms with van der Waals surface area (Å²) in [6.45, 7) is -0.135. The van der Waals surface area contributed by atoms with E-state index in [4.69, 9.17) is 4.74 Å². The molecule has 6 nitrogen and oxygen atoms in total. The lowest BCUT2D eigenvalue weighted by Crippen LogP contribution is -2.20. The maximum atomic E-state index is 12.3. The topological polar surface area (TPSA) is 91.2 Å². The minimum absolute atomic E-state index is 0.0191. The van der Waals surface area contributed by atoms with E-state index in [2.05, 4.69) is 33.2 Å². The number of nitriles is 1. The van der Waals surface area contributed by atoms with Gasteiger partial charge in [-0.25, -0.2) is 0 Å². The van der Waals surface area contributed by atoms with Crippen LogP contribution in [-0.4, -0.2) is 18.4 Å². The highest BCUT2D eigenvalue weighted by Crippen LogP contribution is 2.16. The van der Waals surface area contributed by atoms with Crippen LogP contribution < -0.4 is 15.4 Å². The monoisotopic (exact) mass is 523 g/mol. The smallest absolute Gasteiger partial charge is 0.266 e. The van der Waals surface area contributed by atoms with Gasteiger partial charge in [0.25, 0.3) is 11.8 Å². The highest BCUT2D eigenvalue weighted by atomic mass is 127. The number of rotatable bonds is 7. The molecule has 0 atom stereocenters. The zero-order valence-corrected chi connectivity index (χ0v) is 18.5. The Kier molecular flexibility index (Phi) is 7.79. The van der Waals surface area contributed by atoms with Crippen LogP contribution in [0.25, 0.3) is 6.08 Å². The van der Waals surface area contributed by atoms with Gasteiger partial charge in [0.15, 0.2) is 6.61 Å². The minimum atomic E-state index is -0.485. The van der Waals surface area contributed by atoms with Crippen molar-refractivity contribution in [1.29, 1.82) is 5.26 Å². The zero-order valence-electron chi connectivity index (χ0n) is 16.3. The van der Waals surface area contributed by atoms with Crippen LogP contribution in [0.5, 0.6) is 5.75 Å². The Morgan fingerprint density at radius 2 is 1.55 bits per heavy atom. The van der Waals surface area contributed by atoms with Gasteiger partial charge in [-0.3, -0.25) is 9.59 Å². The van der Waals surface area contributed by atoms with Gasteiger partial charge in [-0.15, -0.1) is 0 Å². The summed E-state index contributed by atoms with van der Waals surface area (Å²) in [5, 5.41) is 14.8. The molecule has 3 rings (SSSR count). The summed E-state index contributed by atoms with van der Waals surface area (Å²) in [6.07, 6.45) is 1.49. The maximum Gasteiger partial charge on any atom is 0.266 e.